The van der Waals surface area contributed by atoms with E-state index in [1.165, 1.54) is 24.3 Å². The van der Waals surface area contributed by atoms with E-state index in [4.69, 9.17) is 0 Å². The first-order chi connectivity index (χ1) is 9.97. The molecule has 1 atom stereocenters. The molecule has 0 fully saturated rings. The van der Waals surface area contributed by atoms with Crippen molar-refractivity contribution in [2.24, 2.45) is 0 Å². The van der Waals surface area contributed by atoms with Crippen molar-refractivity contribution < 1.29 is 13.2 Å². The first kappa shape index (κ1) is 15.6. The maximum absolute atomic E-state index is 13.6. The van der Waals surface area contributed by atoms with Crippen LogP contribution in [-0.2, 0) is 6.42 Å². The Balaban J connectivity index is 1.93. The molecular weight excluding hydrogens is 275 g/mol. The quantitative estimate of drug-likeness (QED) is 0.866. The van der Waals surface area contributed by atoms with Crippen molar-refractivity contribution in [1.82, 2.24) is 5.32 Å². The van der Waals surface area contributed by atoms with Crippen LogP contribution in [0.25, 0.3) is 0 Å². The third-order valence-electron chi connectivity index (χ3n) is 3.58. The van der Waals surface area contributed by atoms with Gasteiger partial charge in [0, 0.05) is 17.7 Å². The molecule has 0 heterocycles. The van der Waals surface area contributed by atoms with Crippen LogP contribution in [-0.4, -0.2) is 6.54 Å². The highest BCUT2D eigenvalue weighted by molar-refractivity contribution is 5.27. The summed E-state index contributed by atoms with van der Waals surface area (Å²) in [5.74, 6) is -1.37. The lowest BCUT2D eigenvalue weighted by Crippen LogP contribution is -2.22. The highest BCUT2D eigenvalue weighted by atomic mass is 19.1. The molecule has 1 nitrogen and oxygen atoms in total. The molecule has 2 aromatic rings. The molecule has 21 heavy (non-hydrogen) atoms. The van der Waals surface area contributed by atoms with Crippen LogP contribution in [0.1, 0.15) is 29.7 Å². The summed E-state index contributed by atoms with van der Waals surface area (Å²) in [6.07, 6.45) is 0.721. The summed E-state index contributed by atoms with van der Waals surface area (Å²) in [6.45, 7) is 4.32. The van der Waals surface area contributed by atoms with Crippen LogP contribution in [0.5, 0.6) is 0 Å². The van der Waals surface area contributed by atoms with E-state index in [0.29, 0.717) is 12.1 Å². The van der Waals surface area contributed by atoms with Crippen molar-refractivity contribution in [2.75, 3.05) is 6.54 Å². The molecule has 0 aliphatic carbocycles. The molecule has 1 N–H and O–H groups in total. The summed E-state index contributed by atoms with van der Waals surface area (Å²) < 4.78 is 39.5. The lowest BCUT2D eigenvalue weighted by atomic mass is 10.0. The first-order valence-corrected chi connectivity index (χ1v) is 6.90. The molecule has 2 aromatic carbocycles. The van der Waals surface area contributed by atoms with Crippen molar-refractivity contribution >= 4 is 0 Å². The molecule has 1 unspecified atom stereocenters. The fourth-order valence-electron chi connectivity index (χ4n) is 2.33. The Labute approximate surface area is 122 Å². The van der Waals surface area contributed by atoms with Gasteiger partial charge in [-0.3, -0.25) is 0 Å². The van der Waals surface area contributed by atoms with E-state index < -0.39 is 11.6 Å². The average molecular weight is 293 g/mol. The summed E-state index contributed by atoms with van der Waals surface area (Å²) in [4.78, 5) is 0. The van der Waals surface area contributed by atoms with Gasteiger partial charge < -0.3 is 5.32 Å². The van der Waals surface area contributed by atoms with Crippen LogP contribution < -0.4 is 5.32 Å². The lowest BCUT2D eigenvalue weighted by molar-refractivity contribution is 0.519. The summed E-state index contributed by atoms with van der Waals surface area (Å²) in [7, 11) is 0. The van der Waals surface area contributed by atoms with Gasteiger partial charge in [-0.15, -0.1) is 0 Å². The zero-order chi connectivity index (χ0) is 15.4. The molecule has 0 radical (unpaired) electrons. The predicted molar refractivity (Wildman–Crippen MR) is 77.6 cm³/mol. The third kappa shape index (κ3) is 4.08. The van der Waals surface area contributed by atoms with Gasteiger partial charge in [0.05, 0.1) is 0 Å². The molecule has 112 valence electrons. The summed E-state index contributed by atoms with van der Waals surface area (Å²) >= 11 is 0. The van der Waals surface area contributed by atoms with Gasteiger partial charge in [-0.25, -0.2) is 13.2 Å². The fourth-order valence-corrected chi connectivity index (χ4v) is 2.33. The van der Waals surface area contributed by atoms with E-state index in [-0.39, 0.29) is 11.9 Å². The second-order valence-corrected chi connectivity index (χ2v) is 5.16. The molecule has 0 aliphatic rings. The minimum atomic E-state index is -0.578. The summed E-state index contributed by atoms with van der Waals surface area (Å²) in [5, 5.41) is 3.19. The van der Waals surface area contributed by atoms with E-state index in [9.17, 15) is 13.2 Å². The number of aryl methyl sites for hydroxylation is 1. The van der Waals surface area contributed by atoms with Crippen molar-refractivity contribution in [3.05, 3.63) is 70.5 Å². The molecule has 0 aromatic heterocycles. The van der Waals surface area contributed by atoms with E-state index in [1.807, 2.05) is 13.8 Å². The topological polar surface area (TPSA) is 12.0 Å². The Kier molecular flexibility index (Phi) is 5.02. The number of hydrogen-bond acceptors (Lipinski definition) is 1. The molecule has 0 saturated carbocycles. The van der Waals surface area contributed by atoms with Crippen LogP contribution >= 0.6 is 0 Å². The SMILES string of the molecule is Cc1cc(F)ccc1CCNC(C)c1ccc(F)cc1F. The lowest BCUT2D eigenvalue weighted by Gasteiger charge is -2.15. The Morgan fingerprint density at radius 1 is 1.00 bits per heavy atom. The average Bonchev–Trinajstić information content (AvgIpc) is 2.41. The van der Waals surface area contributed by atoms with E-state index in [1.54, 1.807) is 6.07 Å². The van der Waals surface area contributed by atoms with Gasteiger partial charge in [0.25, 0.3) is 0 Å². The van der Waals surface area contributed by atoms with Gasteiger partial charge in [-0.2, -0.15) is 0 Å². The van der Waals surface area contributed by atoms with E-state index in [0.717, 1.165) is 23.6 Å². The van der Waals surface area contributed by atoms with Gasteiger partial charge in [0.1, 0.15) is 17.5 Å². The summed E-state index contributed by atoms with van der Waals surface area (Å²) in [5.41, 5.74) is 2.39. The maximum Gasteiger partial charge on any atom is 0.130 e. The van der Waals surface area contributed by atoms with Gasteiger partial charge in [-0.05, 0) is 56.1 Å². The van der Waals surface area contributed by atoms with Crippen LogP contribution in [0, 0.1) is 24.4 Å². The standard InChI is InChI=1S/C17H18F3N/c1-11-9-14(18)4-3-13(11)7-8-21-12(2)16-6-5-15(19)10-17(16)20/h3-6,9-10,12,21H,7-8H2,1-2H3. The van der Waals surface area contributed by atoms with Crippen molar-refractivity contribution in [1.29, 1.82) is 0 Å². The zero-order valence-electron chi connectivity index (χ0n) is 12.1. The fraction of sp³-hybridized carbons (Fsp3) is 0.294. The Morgan fingerprint density at radius 3 is 2.33 bits per heavy atom. The van der Waals surface area contributed by atoms with Crippen molar-refractivity contribution in [3.8, 4) is 0 Å². The number of halogens is 3. The highest BCUT2D eigenvalue weighted by Gasteiger charge is 2.11. The van der Waals surface area contributed by atoms with E-state index >= 15 is 0 Å². The molecular formula is C17H18F3N. The number of hydrogen-bond donors (Lipinski definition) is 1. The number of benzene rings is 2. The molecule has 4 heteroatoms. The minimum absolute atomic E-state index is 0.216. The van der Waals surface area contributed by atoms with Crippen LogP contribution in [0.15, 0.2) is 36.4 Å². The monoisotopic (exact) mass is 293 g/mol. The minimum Gasteiger partial charge on any atom is -0.310 e. The van der Waals surface area contributed by atoms with Crippen LogP contribution in [0.4, 0.5) is 13.2 Å². The molecule has 0 amide bonds. The molecule has 2 rings (SSSR count). The van der Waals surface area contributed by atoms with Crippen LogP contribution in [0.2, 0.25) is 0 Å². The van der Waals surface area contributed by atoms with Gasteiger partial charge >= 0.3 is 0 Å². The second-order valence-electron chi connectivity index (χ2n) is 5.16. The number of rotatable bonds is 5. The molecule has 0 saturated heterocycles. The van der Waals surface area contributed by atoms with Gasteiger partial charge in [0.15, 0.2) is 0 Å². The van der Waals surface area contributed by atoms with Crippen LogP contribution in [0.3, 0.4) is 0 Å². The second kappa shape index (κ2) is 6.76. The largest absolute Gasteiger partial charge is 0.310 e. The Bertz CT molecular complexity index is 625. The smallest absolute Gasteiger partial charge is 0.130 e. The number of nitrogens with one attached hydrogen (secondary N) is 1. The first-order valence-electron chi connectivity index (χ1n) is 6.90. The third-order valence-corrected chi connectivity index (χ3v) is 3.58. The predicted octanol–water partition coefficient (Wildman–Crippen LogP) is 4.31. The van der Waals surface area contributed by atoms with Crippen molar-refractivity contribution in [2.45, 2.75) is 26.3 Å². The van der Waals surface area contributed by atoms with Crippen molar-refractivity contribution in [3.63, 3.8) is 0 Å². The molecule has 0 spiro atoms. The highest BCUT2D eigenvalue weighted by Crippen LogP contribution is 2.18. The van der Waals surface area contributed by atoms with Gasteiger partial charge in [0.2, 0.25) is 0 Å². The van der Waals surface area contributed by atoms with Gasteiger partial charge in [-0.1, -0.05) is 12.1 Å². The molecule has 0 aliphatic heterocycles. The summed E-state index contributed by atoms with van der Waals surface area (Å²) in [6, 6.07) is 8.06. The molecule has 0 bridgehead atoms. The Morgan fingerprint density at radius 2 is 1.67 bits per heavy atom. The zero-order valence-corrected chi connectivity index (χ0v) is 12.1. The maximum atomic E-state index is 13.6. The van der Waals surface area contributed by atoms with E-state index in [2.05, 4.69) is 5.32 Å². The normalized spacial score (nSPS) is 12.4. The Hall–Kier alpha value is -1.81.